The van der Waals surface area contributed by atoms with Gasteiger partial charge in [-0.25, -0.2) is 9.97 Å². The first-order chi connectivity index (χ1) is 11.4. The summed E-state index contributed by atoms with van der Waals surface area (Å²) in [6.07, 6.45) is 0. The molecular formula is C16H24N4O3S. The Bertz CT molecular complexity index is 601. The van der Waals surface area contributed by atoms with Crippen molar-refractivity contribution in [1.29, 1.82) is 0 Å². The van der Waals surface area contributed by atoms with Gasteiger partial charge in [0.25, 0.3) is 0 Å². The van der Waals surface area contributed by atoms with Crippen LogP contribution in [0.3, 0.4) is 0 Å². The highest BCUT2D eigenvalue weighted by molar-refractivity contribution is 8.00. The van der Waals surface area contributed by atoms with E-state index in [0.717, 1.165) is 42.2 Å². The molecule has 1 aromatic heterocycles. The molecule has 1 amide bonds. The van der Waals surface area contributed by atoms with Crippen molar-refractivity contribution in [3.05, 3.63) is 17.6 Å². The Balaban J connectivity index is 1.90. The molecule has 0 spiro atoms. The Kier molecular flexibility index (Phi) is 6.42. The Labute approximate surface area is 146 Å². The number of aliphatic carboxylic acids is 1. The smallest absolute Gasteiger partial charge is 0.313 e. The molecule has 0 aliphatic carbocycles. The summed E-state index contributed by atoms with van der Waals surface area (Å²) < 4.78 is 0. The molecule has 0 radical (unpaired) electrons. The maximum atomic E-state index is 12.1. The average molecular weight is 352 g/mol. The van der Waals surface area contributed by atoms with Crippen molar-refractivity contribution in [2.45, 2.75) is 26.7 Å². The molecule has 0 saturated carbocycles. The van der Waals surface area contributed by atoms with Crippen molar-refractivity contribution in [3.8, 4) is 0 Å². The topological polar surface area (TPSA) is 86.6 Å². The van der Waals surface area contributed by atoms with Gasteiger partial charge in [0.2, 0.25) is 5.91 Å². The molecule has 8 heteroatoms. The summed E-state index contributed by atoms with van der Waals surface area (Å²) in [6, 6.07) is 1.98. The van der Waals surface area contributed by atoms with E-state index in [1.165, 1.54) is 0 Å². The Morgan fingerprint density at radius 2 is 1.88 bits per heavy atom. The lowest BCUT2D eigenvalue weighted by Crippen LogP contribution is -2.49. The molecule has 1 N–H and O–H groups in total. The summed E-state index contributed by atoms with van der Waals surface area (Å²) in [5.74, 6) is 1.32. The number of anilines is 1. The molecule has 2 rings (SSSR count). The van der Waals surface area contributed by atoms with E-state index in [-0.39, 0.29) is 23.3 Å². The number of carbonyl (C=O) groups is 2. The molecule has 1 fully saturated rings. The number of amides is 1. The van der Waals surface area contributed by atoms with Crippen LogP contribution in [0.2, 0.25) is 0 Å². The second-order valence-electron chi connectivity index (χ2n) is 6.13. The highest BCUT2D eigenvalue weighted by Crippen LogP contribution is 2.19. The molecule has 1 aliphatic heterocycles. The van der Waals surface area contributed by atoms with Gasteiger partial charge in [-0.05, 0) is 6.92 Å². The number of rotatable bonds is 6. The summed E-state index contributed by atoms with van der Waals surface area (Å²) in [5.41, 5.74) is 0.951. The van der Waals surface area contributed by atoms with Crippen LogP contribution < -0.4 is 4.90 Å². The minimum atomic E-state index is -0.891. The second-order valence-corrected chi connectivity index (χ2v) is 7.12. The third kappa shape index (κ3) is 5.09. The molecule has 0 atom stereocenters. The van der Waals surface area contributed by atoms with Gasteiger partial charge in [0.1, 0.15) is 11.6 Å². The molecule has 24 heavy (non-hydrogen) atoms. The van der Waals surface area contributed by atoms with E-state index in [9.17, 15) is 9.59 Å². The maximum Gasteiger partial charge on any atom is 0.313 e. The Morgan fingerprint density at radius 3 is 2.46 bits per heavy atom. The first-order valence-corrected chi connectivity index (χ1v) is 9.20. The number of piperazine rings is 1. The lowest BCUT2D eigenvalue weighted by atomic mass is 10.2. The van der Waals surface area contributed by atoms with Gasteiger partial charge in [-0.15, -0.1) is 11.8 Å². The van der Waals surface area contributed by atoms with Gasteiger partial charge in [0.05, 0.1) is 11.5 Å². The van der Waals surface area contributed by atoms with Crippen molar-refractivity contribution in [2.24, 2.45) is 0 Å². The van der Waals surface area contributed by atoms with Gasteiger partial charge in [-0.1, -0.05) is 13.8 Å². The summed E-state index contributed by atoms with van der Waals surface area (Å²) in [6.45, 7) is 8.83. The van der Waals surface area contributed by atoms with Crippen molar-refractivity contribution >= 4 is 29.5 Å². The maximum absolute atomic E-state index is 12.1. The highest BCUT2D eigenvalue weighted by atomic mass is 32.2. The molecule has 1 aliphatic rings. The van der Waals surface area contributed by atoms with Gasteiger partial charge in [0.15, 0.2) is 0 Å². The lowest BCUT2D eigenvalue weighted by Gasteiger charge is -2.35. The normalized spacial score (nSPS) is 15.0. The molecule has 1 aromatic rings. The Morgan fingerprint density at radius 1 is 1.21 bits per heavy atom. The fourth-order valence-corrected chi connectivity index (χ4v) is 3.13. The summed E-state index contributed by atoms with van der Waals surface area (Å²) in [7, 11) is 0. The summed E-state index contributed by atoms with van der Waals surface area (Å²) in [4.78, 5) is 35.7. The largest absolute Gasteiger partial charge is 0.481 e. The van der Waals surface area contributed by atoms with Crippen LogP contribution in [0.5, 0.6) is 0 Å². The van der Waals surface area contributed by atoms with Crippen molar-refractivity contribution in [2.75, 3.05) is 42.6 Å². The van der Waals surface area contributed by atoms with E-state index in [1.807, 2.05) is 13.0 Å². The van der Waals surface area contributed by atoms with E-state index < -0.39 is 5.97 Å². The van der Waals surface area contributed by atoms with Crippen LogP contribution in [-0.2, 0) is 9.59 Å². The van der Waals surface area contributed by atoms with Gasteiger partial charge >= 0.3 is 5.97 Å². The zero-order chi connectivity index (χ0) is 17.7. The number of aromatic nitrogens is 2. The van der Waals surface area contributed by atoms with Crippen molar-refractivity contribution < 1.29 is 14.7 Å². The summed E-state index contributed by atoms with van der Waals surface area (Å²) >= 11 is 1.14. The standard InChI is InChI=1S/C16H24N4O3S/c1-11(2)16-17-12(3)8-13(18-16)19-4-6-20(7-5-19)14(21)9-24-10-15(22)23/h8,11H,4-7,9-10H2,1-3H3,(H,22,23). The first-order valence-electron chi connectivity index (χ1n) is 8.04. The van der Waals surface area contributed by atoms with Gasteiger partial charge < -0.3 is 14.9 Å². The van der Waals surface area contributed by atoms with Crippen LogP contribution in [0.4, 0.5) is 5.82 Å². The number of aryl methyl sites for hydroxylation is 1. The van der Waals surface area contributed by atoms with E-state index >= 15 is 0 Å². The molecule has 1 saturated heterocycles. The molecule has 0 aromatic carbocycles. The van der Waals surface area contributed by atoms with E-state index in [4.69, 9.17) is 5.11 Å². The highest BCUT2D eigenvalue weighted by Gasteiger charge is 2.22. The average Bonchev–Trinajstić information content (AvgIpc) is 2.54. The number of thioether (sulfide) groups is 1. The molecule has 0 unspecified atom stereocenters. The quantitative estimate of drug-likeness (QED) is 0.827. The van der Waals surface area contributed by atoms with Crippen LogP contribution in [0, 0.1) is 6.92 Å². The number of carboxylic acids is 1. The van der Waals surface area contributed by atoms with Gasteiger partial charge in [-0.2, -0.15) is 0 Å². The predicted molar refractivity (Wildman–Crippen MR) is 94.6 cm³/mol. The van der Waals surface area contributed by atoms with Gasteiger partial charge in [0, 0.05) is 43.9 Å². The van der Waals surface area contributed by atoms with Crippen LogP contribution in [0.1, 0.15) is 31.3 Å². The Hall–Kier alpha value is -1.83. The third-order valence-corrected chi connectivity index (χ3v) is 4.68. The van der Waals surface area contributed by atoms with Gasteiger partial charge in [-0.3, -0.25) is 9.59 Å². The van der Waals surface area contributed by atoms with Crippen LogP contribution in [0.15, 0.2) is 6.07 Å². The molecule has 7 nitrogen and oxygen atoms in total. The SMILES string of the molecule is Cc1cc(N2CCN(C(=O)CSCC(=O)O)CC2)nc(C(C)C)n1. The second kappa shape index (κ2) is 8.32. The number of hydrogen-bond acceptors (Lipinski definition) is 6. The first kappa shape index (κ1) is 18.5. The fourth-order valence-electron chi connectivity index (χ4n) is 2.50. The van der Waals surface area contributed by atoms with E-state index in [2.05, 4.69) is 28.7 Å². The molecule has 132 valence electrons. The zero-order valence-corrected chi connectivity index (χ0v) is 15.2. The van der Waals surface area contributed by atoms with Crippen LogP contribution >= 0.6 is 11.8 Å². The number of carbonyl (C=O) groups excluding carboxylic acids is 1. The van der Waals surface area contributed by atoms with E-state index in [1.54, 1.807) is 4.90 Å². The number of nitrogens with zero attached hydrogens (tertiary/aromatic N) is 4. The van der Waals surface area contributed by atoms with Crippen molar-refractivity contribution in [3.63, 3.8) is 0 Å². The molecule has 2 heterocycles. The van der Waals surface area contributed by atoms with Crippen molar-refractivity contribution in [1.82, 2.24) is 14.9 Å². The fraction of sp³-hybridized carbons (Fsp3) is 0.625. The molecule has 0 bridgehead atoms. The molecular weight excluding hydrogens is 328 g/mol. The minimum absolute atomic E-state index is 0.00244. The lowest BCUT2D eigenvalue weighted by molar-refractivity contribution is -0.133. The third-order valence-electron chi connectivity index (χ3n) is 3.78. The number of carboxylic acid groups (broad SMARTS) is 1. The predicted octanol–water partition coefficient (Wildman–Crippen LogP) is 1.37. The zero-order valence-electron chi connectivity index (χ0n) is 14.4. The monoisotopic (exact) mass is 352 g/mol. The minimum Gasteiger partial charge on any atom is -0.481 e. The van der Waals surface area contributed by atoms with E-state index in [0.29, 0.717) is 13.1 Å². The summed E-state index contributed by atoms with van der Waals surface area (Å²) in [5, 5.41) is 8.62. The van der Waals surface area contributed by atoms with Crippen LogP contribution in [0.25, 0.3) is 0 Å². The number of hydrogen-bond donors (Lipinski definition) is 1. The van der Waals surface area contributed by atoms with Crippen LogP contribution in [-0.4, -0.2) is 69.5 Å².